The van der Waals surface area contributed by atoms with Crippen molar-refractivity contribution in [1.82, 2.24) is 0 Å². The average Bonchev–Trinajstić information content (AvgIpc) is 3.17. The van der Waals surface area contributed by atoms with E-state index in [1.165, 1.54) is 83.5 Å². The SMILES string of the molecule is CC/C=C/C/C=C/C/C=C/C/C=C/CCCCCCCCC(=O)OC(COCCC(C(=O)[O-])[N+](C)(C)C)COC(=O)CCCCCCCCCCCCCCCC. The van der Waals surface area contributed by atoms with Crippen LogP contribution < -0.4 is 5.11 Å². The van der Waals surface area contributed by atoms with E-state index < -0.39 is 18.1 Å². The molecule has 0 spiro atoms. The Labute approximate surface area is 350 Å². The van der Waals surface area contributed by atoms with Crippen molar-refractivity contribution in [2.75, 3.05) is 41.0 Å². The van der Waals surface area contributed by atoms with Crippen LogP contribution >= 0.6 is 0 Å². The third-order valence-electron chi connectivity index (χ3n) is 10.2. The predicted molar refractivity (Wildman–Crippen MR) is 236 cm³/mol. The third kappa shape index (κ3) is 38.6. The molecular weight excluding hydrogens is 715 g/mol. The third-order valence-corrected chi connectivity index (χ3v) is 10.2. The highest BCUT2D eigenvalue weighted by atomic mass is 16.6. The number of carboxylic acids is 1. The number of hydrogen-bond acceptors (Lipinski definition) is 7. The van der Waals surface area contributed by atoms with Gasteiger partial charge in [0, 0.05) is 19.3 Å². The van der Waals surface area contributed by atoms with E-state index >= 15 is 0 Å². The molecule has 8 heteroatoms. The summed E-state index contributed by atoms with van der Waals surface area (Å²) in [6, 6.07) is -0.728. The molecule has 2 unspecified atom stereocenters. The van der Waals surface area contributed by atoms with Gasteiger partial charge in [-0.2, -0.15) is 0 Å². The van der Waals surface area contributed by atoms with Crippen LogP contribution in [-0.2, 0) is 28.6 Å². The second kappa shape index (κ2) is 40.1. The Morgan fingerprint density at radius 1 is 0.544 bits per heavy atom. The Morgan fingerprint density at radius 2 is 0.982 bits per heavy atom. The maximum Gasteiger partial charge on any atom is 0.306 e. The minimum absolute atomic E-state index is 0.0358. The van der Waals surface area contributed by atoms with Gasteiger partial charge in [0.1, 0.15) is 12.6 Å². The van der Waals surface area contributed by atoms with Crippen molar-refractivity contribution in [1.29, 1.82) is 0 Å². The number of likely N-dealkylation sites (N-methyl/N-ethyl adjacent to an activating group) is 1. The number of quaternary nitrogens is 1. The molecule has 330 valence electrons. The average molecular weight is 802 g/mol. The van der Waals surface area contributed by atoms with Crippen LogP contribution in [0.1, 0.15) is 194 Å². The highest BCUT2D eigenvalue weighted by Gasteiger charge is 2.25. The Hall–Kier alpha value is -2.71. The fourth-order valence-electron chi connectivity index (χ4n) is 6.65. The quantitative estimate of drug-likeness (QED) is 0.0262. The molecule has 2 atom stereocenters. The summed E-state index contributed by atoms with van der Waals surface area (Å²) in [5, 5.41) is 11.6. The van der Waals surface area contributed by atoms with Gasteiger partial charge in [0.05, 0.1) is 40.3 Å². The second-order valence-corrected chi connectivity index (χ2v) is 16.6. The smallest absolute Gasteiger partial charge is 0.306 e. The molecule has 0 saturated carbocycles. The first-order valence-corrected chi connectivity index (χ1v) is 23.2. The molecule has 0 rings (SSSR count). The van der Waals surface area contributed by atoms with Gasteiger partial charge in [-0.15, -0.1) is 0 Å². The van der Waals surface area contributed by atoms with Crippen molar-refractivity contribution in [3.63, 3.8) is 0 Å². The number of esters is 2. The molecule has 8 nitrogen and oxygen atoms in total. The number of carbonyl (C=O) groups excluding carboxylic acids is 3. The monoisotopic (exact) mass is 802 g/mol. The van der Waals surface area contributed by atoms with Gasteiger partial charge in [0.2, 0.25) is 0 Å². The van der Waals surface area contributed by atoms with Crippen LogP contribution in [-0.4, -0.2) is 75.5 Å². The first-order valence-electron chi connectivity index (χ1n) is 23.2. The maximum atomic E-state index is 12.7. The molecule has 0 saturated heterocycles. The number of rotatable bonds is 41. The summed E-state index contributed by atoms with van der Waals surface area (Å²) >= 11 is 0. The predicted octanol–water partition coefficient (Wildman–Crippen LogP) is 11.5. The molecule has 57 heavy (non-hydrogen) atoms. The van der Waals surface area contributed by atoms with E-state index in [1.54, 1.807) is 21.1 Å². The van der Waals surface area contributed by atoms with Gasteiger partial charge in [0.15, 0.2) is 6.10 Å². The first-order chi connectivity index (χ1) is 27.6. The van der Waals surface area contributed by atoms with Crippen LogP contribution in [0.5, 0.6) is 0 Å². The van der Waals surface area contributed by atoms with Gasteiger partial charge in [-0.25, -0.2) is 0 Å². The molecule has 0 aromatic heterocycles. The van der Waals surface area contributed by atoms with Gasteiger partial charge < -0.3 is 28.6 Å². The Balaban J connectivity index is 4.33. The minimum Gasteiger partial charge on any atom is -0.544 e. The normalized spacial score (nSPS) is 13.4. The summed E-state index contributed by atoms with van der Waals surface area (Å²) in [4.78, 5) is 36.9. The molecule has 0 aromatic carbocycles. The van der Waals surface area contributed by atoms with Crippen LogP contribution in [0.3, 0.4) is 0 Å². The maximum absolute atomic E-state index is 12.7. The molecule has 0 radical (unpaired) electrons. The largest absolute Gasteiger partial charge is 0.544 e. The number of allylic oxidation sites excluding steroid dienone is 8. The summed E-state index contributed by atoms with van der Waals surface area (Å²) < 4.78 is 17.2. The molecule has 0 fully saturated rings. The molecule has 0 heterocycles. The highest BCUT2D eigenvalue weighted by molar-refractivity contribution is 5.70. The van der Waals surface area contributed by atoms with E-state index in [0.29, 0.717) is 12.8 Å². The van der Waals surface area contributed by atoms with Crippen molar-refractivity contribution in [3.8, 4) is 0 Å². The van der Waals surface area contributed by atoms with Crippen LogP contribution in [0.15, 0.2) is 48.6 Å². The van der Waals surface area contributed by atoms with Crippen molar-refractivity contribution in [2.45, 2.75) is 206 Å². The molecule has 0 aliphatic carbocycles. The Bertz CT molecular complexity index is 1070. The van der Waals surface area contributed by atoms with E-state index in [9.17, 15) is 19.5 Å². The van der Waals surface area contributed by atoms with Crippen molar-refractivity contribution >= 4 is 17.9 Å². The zero-order valence-corrected chi connectivity index (χ0v) is 37.5. The lowest BCUT2D eigenvalue weighted by molar-refractivity contribution is -0.889. The first kappa shape index (κ1) is 54.3. The zero-order valence-electron chi connectivity index (χ0n) is 37.5. The van der Waals surface area contributed by atoms with Crippen LogP contribution in [0.25, 0.3) is 0 Å². The van der Waals surface area contributed by atoms with Crippen molar-refractivity contribution in [2.24, 2.45) is 0 Å². The molecule has 0 aromatic rings. The minimum atomic E-state index is -1.13. The number of carboxylic acid groups (broad SMARTS) is 1. The highest BCUT2D eigenvalue weighted by Crippen LogP contribution is 2.15. The second-order valence-electron chi connectivity index (χ2n) is 16.6. The molecular formula is C49H87NO7. The number of ether oxygens (including phenoxy) is 3. The van der Waals surface area contributed by atoms with Crippen LogP contribution in [0.4, 0.5) is 0 Å². The summed E-state index contributed by atoms with van der Waals surface area (Å²) in [7, 11) is 5.40. The standard InChI is InChI=1S/C49H87NO7/c1-6-8-10-12-14-16-18-20-22-23-24-25-26-28-30-32-34-36-38-40-48(52)57-45(43-55-42-41-46(49(53)54)50(3,4)5)44-56-47(51)39-37-35-33-31-29-27-21-19-17-15-13-11-9-7-2/h8,10,14,16,20,22,24-25,45-46H,6-7,9,11-13,15,17-19,21,23,26-44H2,1-5H3/b10-8+,16-14+,22-20+,25-24+. The molecule has 0 aliphatic rings. The number of carbonyl (C=O) groups is 3. The van der Waals surface area contributed by atoms with E-state index in [4.69, 9.17) is 14.2 Å². The lowest BCUT2D eigenvalue weighted by Crippen LogP contribution is -2.55. The van der Waals surface area contributed by atoms with Gasteiger partial charge >= 0.3 is 11.9 Å². The fourth-order valence-corrected chi connectivity index (χ4v) is 6.65. The van der Waals surface area contributed by atoms with Gasteiger partial charge in [0.25, 0.3) is 0 Å². The summed E-state index contributed by atoms with van der Waals surface area (Å²) in [5.41, 5.74) is 0. The topological polar surface area (TPSA) is 102 Å². The number of nitrogens with zero attached hydrogens (tertiary/aromatic N) is 1. The zero-order chi connectivity index (χ0) is 42.1. The van der Waals surface area contributed by atoms with Crippen molar-refractivity contribution < 1.29 is 38.2 Å². The Morgan fingerprint density at radius 3 is 1.46 bits per heavy atom. The Kier molecular flexibility index (Phi) is 38.2. The number of aliphatic carboxylic acids is 1. The van der Waals surface area contributed by atoms with Gasteiger partial charge in [-0.3, -0.25) is 9.59 Å². The van der Waals surface area contributed by atoms with E-state index in [0.717, 1.165) is 77.0 Å². The van der Waals surface area contributed by atoms with Crippen LogP contribution in [0, 0.1) is 0 Å². The van der Waals surface area contributed by atoms with Crippen molar-refractivity contribution in [3.05, 3.63) is 48.6 Å². The van der Waals surface area contributed by atoms with Gasteiger partial charge in [-0.05, 0) is 51.4 Å². The van der Waals surface area contributed by atoms with E-state index in [1.807, 2.05) is 0 Å². The molecule has 0 bridgehead atoms. The molecule has 0 aliphatic heterocycles. The van der Waals surface area contributed by atoms with E-state index in [-0.39, 0.29) is 42.7 Å². The summed E-state index contributed by atoms with van der Waals surface area (Å²) in [6.45, 7) is 4.54. The number of unbranched alkanes of at least 4 members (excludes halogenated alkanes) is 19. The summed E-state index contributed by atoms with van der Waals surface area (Å²) in [6.07, 6.45) is 47.0. The fraction of sp³-hybridized carbons (Fsp3) is 0.776. The van der Waals surface area contributed by atoms with Crippen LogP contribution in [0.2, 0.25) is 0 Å². The molecule has 0 N–H and O–H groups in total. The van der Waals surface area contributed by atoms with E-state index in [2.05, 4.69) is 62.5 Å². The van der Waals surface area contributed by atoms with Gasteiger partial charge in [-0.1, -0.05) is 172 Å². The molecule has 0 amide bonds. The lowest BCUT2D eigenvalue weighted by atomic mass is 10.0. The lowest BCUT2D eigenvalue weighted by Gasteiger charge is -2.34. The number of hydrogen-bond donors (Lipinski definition) is 0. The summed E-state index contributed by atoms with van der Waals surface area (Å²) in [5.74, 6) is -1.75.